The molecule has 0 spiro atoms. The molecule has 0 radical (unpaired) electrons. The van der Waals surface area contributed by atoms with E-state index in [0.717, 1.165) is 49.4 Å². The topological polar surface area (TPSA) is 103 Å². The number of piperazine rings is 2. The highest BCUT2D eigenvalue weighted by Crippen LogP contribution is 2.23. The Labute approximate surface area is 219 Å². The molecule has 2 aliphatic rings. The van der Waals surface area contributed by atoms with Crippen LogP contribution in [0.25, 0.3) is 10.9 Å². The molecule has 0 saturated carbocycles. The molecule has 2 amide bonds. The van der Waals surface area contributed by atoms with E-state index < -0.39 is 4.92 Å². The largest absolute Gasteiger partial charge is 0.354 e. The average Bonchev–Trinajstić information content (AvgIpc) is 2.91. The Morgan fingerprint density at radius 2 is 1.63 bits per heavy atom. The summed E-state index contributed by atoms with van der Waals surface area (Å²) in [5, 5.41) is 11.7. The number of pyridine rings is 1. The summed E-state index contributed by atoms with van der Waals surface area (Å²) in [6, 6.07) is 14.8. The number of nitrogens with zero attached hydrogens (tertiary/aromatic N) is 6. The van der Waals surface area contributed by atoms with Crippen molar-refractivity contribution in [3.63, 3.8) is 0 Å². The first kappa shape index (κ1) is 25.7. The molecule has 0 unspecified atom stereocenters. The number of carbonyl (C=O) groups excluding carboxylic acids is 2. The van der Waals surface area contributed by atoms with Crippen LogP contribution in [-0.4, -0.2) is 88.8 Å². The van der Waals surface area contributed by atoms with Crippen LogP contribution in [0.5, 0.6) is 0 Å². The molecule has 3 heterocycles. The number of amides is 2. The van der Waals surface area contributed by atoms with Crippen LogP contribution in [0.3, 0.4) is 0 Å². The number of hydrogen-bond acceptors (Lipinski definition) is 8. The van der Waals surface area contributed by atoms with Gasteiger partial charge in [0.2, 0.25) is 11.8 Å². The number of nitro groups is 1. The van der Waals surface area contributed by atoms with Crippen molar-refractivity contribution in [1.82, 2.24) is 19.7 Å². The highest BCUT2D eigenvalue weighted by atomic mass is 19.1. The minimum absolute atomic E-state index is 0.0496. The van der Waals surface area contributed by atoms with Crippen LogP contribution in [0.4, 0.5) is 15.9 Å². The van der Waals surface area contributed by atoms with E-state index in [0.29, 0.717) is 18.5 Å². The number of fused-ring (bicyclic) bond motifs is 1. The lowest BCUT2D eigenvalue weighted by Crippen LogP contribution is -2.54. The number of nitro benzene ring substituents is 1. The molecule has 0 bridgehead atoms. The molecular weight excluding hydrogens is 491 g/mol. The Kier molecular flexibility index (Phi) is 7.57. The van der Waals surface area contributed by atoms with E-state index in [1.54, 1.807) is 29.2 Å². The molecule has 0 aliphatic carbocycles. The maximum atomic E-state index is 13.9. The Hall–Kier alpha value is -3.96. The highest BCUT2D eigenvalue weighted by molar-refractivity contribution is 5.99. The molecule has 0 atom stereocenters. The molecule has 11 heteroatoms. The molecule has 2 fully saturated rings. The predicted octanol–water partition coefficient (Wildman–Crippen LogP) is 2.67. The van der Waals surface area contributed by atoms with Crippen LogP contribution < -0.4 is 4.90 Å². The highest BCUT2D eigenvalue weighted by Gasteiger charge is 2.31. The van der Waals surface area contributed by atoms with E-state index in [1.165, 1.54) is 23.1 Å². The van der Waals surface area contributed by atoms with Crippen LogP contribution >= 0.6 is 0 Å². The van der Waals surface area contributed by atoms with E-state index in [1.807, 2.05) is 12.1 Å². The van der Waals surface area contributed by atoms with Crippen molar-refractivity contribution in [1.29, 1.82) is 0 Å². The lowest BCUT2D eigenvalue weighted by molar-refractivity contribution is -0.384. The van der Waals surface area contributed by atoms with Gasteiger partial charge in [0.25, 0.3) is 5.69 Å². The zero-order valence-corrected chi connectivity index (χ0v) is 21.0. The van der Waals surface area contributed by atoms with Gasteiger partial charge in [0.1, 0.15) is 11.6 Å². The number of rotatable bonds is 8. The summed E-state index contributed by atoms with van der Waals surface area (Å²) >= 11 is 0. The summed E-state index contributed by atoms with van der Waals surface area (Å²) in [5.41, 5.74) is 1.25. The van der Waals surface area contributed by atoms with E-state index in [4.69, 9.17) is 0 Å². The van der Waals surface area contributed by atoms with Gasteiger partial charge in [-0.1, -0.05) is 18.2 Å². The molecule has 5 rings (SSSR count). The molecule has 0 N–H and O–H groups in total. The van der Waals surface area contributed by atoms with Gasteiger partial charge in [0.05, 0.1) is 23.5 Å². The van der Waals surface area contributed by atoms with Gasteiger partial charge < -0.3 is 4.90 Å². The van der Waals surface area contributed by atoms with Crippen molar-refractivity contribution in [2.45, 2.75) is 13.0 Å². The van der Waals surface area contributed by atoms with Gasteiger partial charge in [-0.15, -0.1) is 0 Å². The van der Waals surface area contributed by atoms with E-state index in [-0.39, 0.29) is 43.0 Å². The second-order valence-electron chi connectivity index (χ2n) is 9.66. The molecule has 38 heavy (non-hydrogen) atoms. The zero-order chi connectivity index (χ0) is 26.6. The molecule has 2 aromatic carbocycles. The van der Waals surface area contributed by atoms with Gasteiger partial charge in [0.15, 0.2) is 0 Å². The normalized spacial score (nSPS) is 17.4. The third-order valence-corrected chi connectivity index (χ3v) is 7.09. The second kappa shape index (κ2) is 11.2. The van der Waals surface area contributed by atoms with Crippen LogP contribution in [0.1, 0.15) is 12.0 Å². The number of anilines is 1. The van der Waals surface area contributed by atoms with Crippen molar-refractivity contribution in [3.05, 3.63) is 76.1 Å². The van der Waals surface area contributed by atoms with E-state index in [9.17, 15) is 24.1 Å². The molecule has 2 aliphatic heterocycles. The summed E-state index contributed by atoms with van der Waals surface area (Å²) in [6.45, 7) is 4.83. The number of aromatic nitrogens is 1. The summed E-state index contributed by atoms with van der Waals surface area (Å²) in [5.74, 6) is 0.0262. The lowest BCUT2D eigenvalue weighted by atomic mass is 10.1. The van der Waals surface area contributed by atoms with Crippen molar-refractivity contribution in [3.8, 4) is 0 Å². The van der Waals surface area contributed by atoms with Gasteiger partial charge in [-0.25, -0.2) is 9.37 Å². The molecule has 198 valence electrons. The van der Waals surface area contributed by atoms with E-state index in [2.05, 4.69) is 14.8 Å². The number of imide groups is 1. The number of carbonyl (C=O) groups is 2. The smallest absolute Gasteiger partial charge is 0.270 e. The molecule has 3 aromatic rings. The third-order valence-electron chi connectivity index (χ3n) is 7.09. The van der Waals surface area contributed by atoms with Gasteiger partial charge in [-0.05, 0) is 37.2 Å². The van der Waals surface area contributed by atoms with Gasteiger partial charge in [-0.2, -0.15) is 0 Å². The Balaban J connectivity index is 1.07. The number of hydrogen-bond donors (Lipinski definition) is 0. The predicted molar refractivity (Wildman–Crippen MR) is 140 cm³/mol. The third kappa shape index (κ3) is 5.79. The molecule has 10 nitrogen and oxygen atoms in total. The van der Waals surface area contributed by atoms with Crippen molar-refractivity contribution in [2.75, 3.05) is 57.3 Å². The van der Waals surface area contributed by atoms with Crippen LogP contribution in [-0.2, 0) is 16.1 Å². The average molecular weight is 521 g/mol. The Morgan fingerprint density at radius 1 is 0.895 bits per heavy atom. The second-order valence-corrected chi connectivity index (χ2v) is 9.66. The zero-order valence-electron chi connectivity index (χ0n) is 21.0. The van der Waals surface area contributed by atoms with Gasteiger partial charge in [0, 0.05) is 62.4 Å². The summed E-state index contributed by atoms with van der Waals surface area (Å²) < 4.78 is 13.9. The minimum atomic E-state index is -0.410. The van der Waals surface area contributed by atoms with Crippen molar-refractivity contribution >= 4 is 34.2 Å². The first-order valence-electron chi connectivity index (χ1n) is 12.7. The fourth-order valence-electron chi connectivity index (χ4n) is 5.02. The van der Waals surface area contributed by atoms with Crippen molar-refractivity contribution in [2.24, 2.45) is 0 Å². The summed E-state index contributed by atoms with van der Waals surface area (Å²) in [4.78, 5) is 48.0. The van der Waals surface area contributed by atoms with Crippen LogP contribution in [0, 0.1) is 15.9 Å². The molecule has 2 saturated heterocycles. The number of halogens is 1. The Morgan fingerprint density at radius 3 is 2.34 bits per heavy atom. The minimum Gasteiger partial charge on any atom is -0.354 e. The fraction of sp³-hybridized carbons (Fsp3) is 0.370. The summed E-state index contributed by atoms with van der Waals surface area (Å²) in [6.07, 6.45) is 0.692. The SMILES string of the molecule is O=C1CN(Cc2ccccc2F)CC(=O)N1CCCN1CCN(c2ccc3cc([N+](=O)[O-])ccc3n2)CC1. The first-order chi connectivity index (χ1) is 18.4. The van der Waals surface area contributed by atoms with Crippen LogP contribution in [0.15, 0.2) is 54.6 Å². The molecular formula is C27H29FN6O4. The summed E-state index contributed by atoms with van der Waals surface area (Å²) in [7, 11) is 0. The standard InChI is InChI=1S/C27H29FN6O4/c28-23-5-2-1-4-21(23)17-31-18-26(35)33(27(36)19-31)11-3-10-30-12-14-32(15-13-30)25-9-6-20-16-22(34(37)38)7-8-24(20)29-25/h1-2,4-9,16H,3,10-15,17-19H2. The molecule has 1 aromatic heterocycles. The Bertz CT molecular complexity index is 1340. The quantitative estimate of drug-likeness (QED) is 0.254. The van der Waals surface area contributed by atoms with E-state index >= 15 is 0 Å². The lowest BCUT2D eigenvalue weighted by Gasteiger charge is -2.36. The fourth-order valence-corrected chi connectivity index (χ4v) is 5.02. The van der Waals surface area contributed by atoms with Gasteiger partial charge in [-0.3, -0.25) is 34.4 Å². The first-order valence-corrected chi connectivity index (χ1v) is 12.7. The number of non-ortho nitro benzene ring substituents is 1. The maximum absolute atomic E-state index is 13.9. The maximum Gasteiger partial charge on any atom is 0.270 e. The van der Waals surface area contributed by atoms with Crippen molar-refractivity contribution < 1.29 is 18.9 Å². The van der Waals surface area contributed by atoms with Gasteiger partial charge >= 0.3 is 0 Å². The monoisotopic (exact) mass is 520 g/mol. The number of benzene rings is 2. The van der Waals surface area contributed by atoms with Crippen LogP contribution in [0.2, 0.25) is 0 Å².